The number of ketones is 1. The third kappa shape index (κ3) is 3.74. The van der Waals surface area contributed by atoms with Crippen molar-refractivity contribution in [1.82, 2.24) is 14.5 Å². The number of carbonyl (C=O) groups excluding carboxylic acids is 1. The SMILES string of the molecule is CCn1cc(/C=C2\Oc3c(ccc4c3CN(Cc3ccncc3)CO4)C2=O)c2cc(OC)ccc21. The first-order chi connectivity index (χ1) is 17.1. The first-order valence-electron chi connectivity index (χ1n) is 11.7. The molecule has 0 fully saturated rings. The van der Waals surface area contributed by atoms with E-state index in [0.717, 1.165) is 52.2 Å². The lowest BCUT2D eigenvalue weighted by Gasteiger charge is -2.29. The molecule has 7 nitrogen and oxygen atoms in total. The van der Waals surface area contributed by atoms with Crippen molar-refractivity contribution in [2.24, 2.45) is 0 Å². The molecule has 0 spiro atoms. The number of pyridine rings is 1. The smallest absolute Gasteiger partial charge is 0.231 e. The fourth-order valence-electron chi connectivity index (χ4n) is 4.80. The summed E-state index contributed by atoms with van der Waals surface area (Å²) in [5.74, 6) is 2.33. The van der Waals surface area contributed by atoms with Gasteiger partial charge in [-0.25, -0.2) is 0 Å². The molecule has 0 atom stereocenters. The summed E-state index contributed by atoms with van der Waals surface area (Å²) in [4.78, 5) is 19.6. The molecule has 0 bridgehead atoms. The van der Waals surface area contributed by atoms with Crippen LogP contribution < -0.4 is 14.2 Å². The summed E-state index contributed by atoms with van der Waals surface area (Å²) >= 11 is 0. The average molecular weight is 468 g/mol. The topological polar surface area (TPSA) is 65.8 Å². The second-order valence-corrected chi connectivity index (χ2v) is 8.73. The van der Waals surface area contributed by atoms with E-state index in [-0.39, 0.29) is 5.78 Å². The number of ether oxygens (including phenoxy) is 3. The highest BCUT2D eigenvalue weighted by Crippen LogP contribution is 2.42. The van der Waals surface area contributed by atoms with E-state index in [1.807, 2.05) is 48.7 Å². The Balaban J connectivity index is 1.34. The summed E-state index contributed by atoms with van der Waals surface area (Å²) in [6, 6.07) is 13.6. The fraction of sp³-hybridized carbons (Fsp3) is 0.214. The molecule has 0 saturated carbocycles. The lowest BCUT2D eigenvalue weighted by atomic mass is 10.0. The molecule has 0 saturated heterocycles. The number of hydrogen-bond acceptors (Lipinski definition) is 6. The normalized spacial score (nSPS) is 16.2. The molecule has 2 aromatic carbocycles. The number of aromatic nitrogens is 2. The average Bonchev–Trinajstić information content (AvgIpc) is 3.41. The second-order valence-electron chi connectivity index (χ2n) is 8.73. The van der Waals surface area contributed by atoms with Crippen LogP contribution in [0.3, 0.4) is 0 Å². The van der Waals surface area contributed by atoms with Gasteiger partial charge in [0.25, 0.3) is 0 Å². The molecule has 7 heteroatoms. The number of benzene rings is 2. The van der Waals surface area contributed by atoms with Crippen molar-refractivity contribution in [3.63, 3.8) is 0 Å². The molecular formula is C28H25N3O4. The van der Waals surface area contributed by atoms with Gasteiger partial charge in [0.05, 0.1) is 18.2 Å². The molecule has 0 unspecified atom stereocenters. The van der Waals surface area contributed by atoms with Crippen LogP contribution in [0.1, 0.15) is 34.0 Å². The number of carbonyl (C=O) groups is 1. The summed E-state index contributed by atoms with van der Waals surface area (Å²) < 4.78 is 19.8. The maximum absolute atomic E-state index is 13.3. The minimum Gasteiger partial charge on any atom is -0.497 e. The molecule has 0 amide bonds. The van der Waals surface area contributed by atoms with Crippen LogP contribution in [-0.4, -0.2) is 34.1 Å². The minimum atomic E-state index is -0.116. The van der Waals surface area contributed by atoms with Gasteiger partial charge in [0.2, 0.25) is 5.78 Å². The molecule has 0 aliphatic carbocycles. The van der Waals surface area contributed by atoms with E-state index < -0.39 is 0 Å². The van der Waals surface area contributed by atoms with Crippen molar-refractivity contribution in [3.05, 3.63) is 89.1 Å². The van der Waals surface area contributed by atoms with Crippen molar-refractivity contribution in [3.8, 4) is 17.2 Å². The Labute approximate surface area is 203 Å². The summed E-state index contributed by atoms with van der Waals surface area (Å²) in [5, 5.41) is 1.01. The summed E-state index contributed by atoms with van der Waals surface area (Å²) in [7, 11) is 1.65. The van der Waals surface area contributed by atoms with Crippen molar-refractivity contribution < 1.29 is 19.0 Å². The molecule has 4 aromatic rings. The van der Waals surface area contributed by atoms with Crippen molar-refractivity contribution in [1.29, 1.82) is 0 Å². The quantitative estimate of drug-likeness (QED) is 0.384. The Kier molecular flexibility index (Phi) is 5.26. The summed E-state index contributed by atoms with van der Waals surface area (Å²) in [6.07, 6.45) is 7.46. The summed E-state index contributed by atoms with van der Waals surface area (Å²) in [6.45, 7) is 4.74. The van der Waals surface area contributed by atoms with Gasteiger partial charge in [0, 0.05) is 54.7 Å². The number of hydrogen-bond donors (Lipinski definition) is 0. The Bertz CT molecular complexity index is 1470. The van der Waals surface area contributed by atoms with Crippen LogP contribution in [0.25, 0.3) is 17.0 Å². The largest absolute Gasteiger partial charge is 0.497 e. The molecule has 2 aliphatic rings. The maximum atomic E-state index is 13.3. The van der Waals surface area contributed by atoms with Gasteiger partial charge < -0.3 is 18.8 Å². The van der Waals surface area contributed by atoms with E-state index >= 15 is 0 Å². The molecule has 2 aromatic heterocycles. The highest BCUT2D eigenvalue weighted by Gasteiger charge is 2.33. The molecule has 176 valence electrons. The van der Waals surface area contributed by atoms with Crippen molar-refractivity contribution >= 4 is 22.8 Å². The standard InChI is InChI=1S/C28H25N3O4/c1-3-31-15-19(22-13-20(33-2)4-6-24(22)31)12-26-27(32)21-5-7-25-23(28(21)35-26)16-30(17-34-25)14-18-8-10-29-11-9-18/h4-13,15H,3,14,16-17H2,1-2H3/b26-12-. The van der Waals surface area contributed by atoms with Gasteiger partial charge in [-0.3, -0.25) is 14.7 Å². The minimum absolute atomic E-state index is 0.116. The van der Waals surface area contributed by atoms with Crippen LogP contribution in [0.15, 0.2) is 66.8 Å². The zero-order valence-electron chi connectivity index (χ0n) is 19.7. The molecule has 6 rings (SSSR count). The number of methoxy groups -OCH3 is 1. The van der Waals surface area contributed by atoms with E-state index in [1.54, 1.807) is 25.6 Å². The van der Waals surface area contributed by atoms with Gasteiger partial charge in [0.1, 0.15) is 24.0 Å². The van der Waals surface area contributed by atoms with E-state index in [2.05, 4.69) is 21.4 Å². The van der Waals surface area contributed by atoms with Crippen LogP contribution in [-0.2, 0) is 19.6 Å². The van der Waals surface area contributed by atoms with E-state index in [9.17, 15) is 4.79 Å². The van der Waals surface area contributed by atoms with Gasteiger partial charge in [-0.1, -0.05) is 0 Å². The van der Waals surface area contributed by atoms with E-state index in [0.29, 0.717) is 30.3 Å². The van der Waals surface area contributed by atoms with Crippen molar-refractivity contribution in [2.45, 2.75) is 26.6 Å². The summed E-state index contributed by atoms with van der Waals surface area (Å²) in [5.41, 5.74) is 4.63. The van der Waals surface area contributed by atoms with Gasteiger partial charge >= 0.3 is 0 Å². The zero-order valence-corrected chi connectivity index (χ0v) is 19.7. The number of aryl methyl sites for hydroxylation is 1. The van der Waals surface area contributed by atoms with E-state index in [1.165, 1.54) is 0 Å². The highest BCUT2D eigenvalue weighted by molar-refractivity contribution is 6.15. The number of nitrogens with zero attached hydrogens (tertiary/aromatic N) is 3. The third-order valence-electron chi connectivity index (χ3n) is 6.58. The Morgan fingerprint density at radius 1 is 1.14 bits per heavy atom. The van der Waals surface area contributed by atoms with Crippen molar-refractivity contribution in [2.75, 3.05) is 13.8 Å². The molecule has 0 N–H and O–H groups in total. The lowest BCUT2D eigenvalue weighted by molar-refractivity contribution is 0.0872. The first-order valence-corrected chi connectivity index (χ1v) is 11.7. The number of fused-ring (bicyclic) bond motifs is 4. The zero-order chi connectivity index (χ0) is 23.9. The third-order valence-corrected chi connectivity index (χ3v) is 6.58. The maximum Gasteiger partial charge on any atom is 0.231 e. The number of allylic oxidation sites excluding steroid dienone is 1. The molecule has 2 aliphatic heterocycles. The Morgan fingerprint density at radius 2 is 2.00 bits per heavy atom. The fourth-order valence-corrected chi connectivity index (χ4v) is 4.80. The monoisotopic (exact) mass is 467 g/mol. The Hall–Kier alpha value is -4.10. The van der Waals surface area contributed by atoms with Gasteiger partial charge in [-0.05, 0) is 61.0 Å². The van der Waals surface area contributed by atoms with Crippen LogP contribution in [0.5, 0.6) is 17.2 Å². The molecular weight excluding hydrogens is 442 g/mol. The predicted molar refractivity (Wildman–Crippen MR) is 133 cm³/mol. The molecule has 35 heavy (non-hydrogen) atoms. The van der Waals surface area contributed by atoms with E-state index in [4.69, 9.17) is 14.2 Å². The van der Waals surface area contributed by atoms with Gasteiger partial charge in [-0.2, -0.15) is 0 Å². The Morgan fingerprint density at radius 3 is 2.80 bits per heavy atom. The second kappa shape index (κ2) is 8.60. The number of Topliss-reactive ketones (excluding diaryl/α,β-unsaturated/α-hetero) is 1. The van der Waals surface area contributed by atoms with Crippen LogP contribution in [0.4, 0.5) is 0 Å². The number of rotatable bonds is 5. The highest BCUT2D eigenvalue weighted by atomic mass is 16.5. The predicted octanol–water partition coefficient (Wildman–Crippen LogP) is 5.03. The van der Waals surface area contributed by atoms with Crippen LogP contribution in [0, 0.1) is 0 Å². The molecule has 0 radical (unpaired) electrons. The first kappa shape index (κ1) is 21.4. The molecule has 4 heterocycles. The van der Waals surface area contributed by atoms with Gasteiger partial charge in [-0.15, -0.1) is 0 Å². The lowest BCUT2D eigenvalue weighted by Crippen LogP contribution is -2.31. The van der Waals surface area contributed by atoms with Crippen LogP contribution >= 0.6 is 0 Å². The van der Waals surface area contributed by atoms with Gasteiger partial charge in [0.15, 0.2) is 5.76 Å². The van der Waals surface area contributed by atoms with Crippen LogP contribution in [0.2, 0.25) is 0 Å².